The number of benzene rings is 2. The molecule has 0 aromatic heterocycles. The van der Waals surface area contributed by atoms with Crippen molar-refractivity contribution in [2.75, 3.05) is 12.4 Å². The fourth-order valence-corrected chi connectivity index (χ4v) is 4.64. The molecule has 0 fully saturated rings. The lowest BCUT2D eigenvalue weighted by Crippen LogP contribution is -1.91. The minimum absolute atomic E-state index is 0.304. The van der Waals surface area contributed by atoms with Crippen molar-refractivity contribution < 1.29 is 0 Å². The van der Waals surface area contributed by atoms with Gasteiger partial charge in [-0.2, -0.15) is 12.6 Å². The third-order valence-electron chi connectivity index (χ3n) is 3.04. The number of hydrogen-bond donors (Lipinski definition) is 2. The lowest BCUT2D eigenvalue weighted by Gasteiger charge is -2.14. The summed E-state index contributed by atoms with van der Waals surface area (Å²) >= 11 is 4.67. The molecule has 0 saturated heterocycles. The molecular formula is C16H19NS3. The van der Waals surface area contributed by atoms with Gasteiger partial charge in [-0.1, -0.05) is 58.8 Å². The zero-order valence-corrected chi connectivity index (χ0v) is 14.2. The van der Waals surface area contributed by atoms with Gasteiger partial charge in [-0.3, -0.25) is 0 Å². The van der Waals surface area contributed by atoms with E-state index in [0.717, 1.165) is 6.42 Å². The molecule has 0 bridgehead atoms. The van der Waals surface area contributed by atoms with Crippen LogP contribution < -0.4 is 5.32 Å². The summed E-state index contributed by atoms with van der Waals surface area (Å²) < 4.78 is 0. The van der Waals surface area contributed by atoms with Gasteiger partial charge in [0.05, 0.1) is 0 Å². The van der Waals surface area contributed by atoms with Gasteiger partial charge >= 0.3 is 0 Å². The smallest absolute Gasteiger partial charge is 0.0484 e. The van der Waals surface area contributed by atoms with Gasteiger partial charge in [-0.15, -0.1) is 0 Å². The molecule has 2 aromatic rings. The van der Waals surface area contributed by atoms with E-state index in [1.54, 1.807) is 21.6 Å². The first-order valence-corrected chi connectivity index (χ1v) is 9.31. The fraction of sp³-hybridized carbons (Fsp3) is 0.250. The molecule has 0 aliphatic rings. The van der Waals surface area contributed by atoms with Gasteiger partial charge in [0.2, 0.25) is 0 Å². The van der Waals surface area contributed by atoms with Gasteiger partial charge in [0.1, 0.15) is 0 Å². The molecule has 1 unspecified atom stereocenters. The van der Waals surface area contributed by atoms with E-state index in [2.05, 4.69) is 73.4 Å². The molecule has 106 valence electrons. The van der Waals surface area contributed by atoms with Gasteiger partial charge in [0, 0.05) is 27.8 Å². The maximum absolute atomic E-state index is 4.67. The number of para-hydroxylation sites is 1. The van der Waals surface area contributed by atoms with Crippen molar-refractivity contribution in [2.24, 2.45) is 0 Å². The third kappa shape index (κ3) is 3.90. The maximum atomic E-state index is 4.67. The molecule has 2 aromatic carbocycles. The van der Waals surface area contributed by atoms with E-state index >= 15 is 0 Å². The van der Waals surface area contributed by atoms with Crippen LogP contribution in [0.15, 0.2) is 58.3 Å². The van der Waals surface area contributed by atoms with Crippen molar-refractivity contribution >= 4 is 39.9 Å². The molecule has 0 aliphatic heterocycles. The average Bonchev–Trinajstić information content (AvgIpc) is 2.52. The van der Waals surface area contributed by atoms with Crippen LogP contribution in [0.25, 0.3) is 0 Å². The number of hydrogen-bond acceptors (Lipinski definition) is 4. The zero-order chi connectivity index (χ0) is 14.4. The highest BCUT2D eigenvalue weighted by Gasteiger charge is 2.11. The van der Waals surface area contributed by atoms with E-state index in [0.29, 0.717) is 5.25 Å². The average molecular weight is 322 g/mol. The van der Waals surface area contributed by atoms with Crippen LogP contribution in [-0.4, -0.2) is 7.05 Å². The van der Waals surface area contributed by atoms with Crippen molar-refractivity contribution in [1.29, 1.82) is 0 Å². The minimum atomic E-state index is 0.304. The lowest BCUT2D eigenvalue weighted by atomic mass is 10.1. The summed E-state index contributed by atoms with van der Waals surface area (Å²) in [4.78, 5) is 2.55. The molecule has 20 heavy (non-hydrogen) atoms. The van der Waals surface area contributed by atoms with Crippen LogP contribution >= 0.6 is 34.2 Å². The fourth-order valence-electron chi connectivity index (χ4n) is 1.89. The summed E-state index contributed by atoms with van der Waals surface area (Å²) in [7, 11) is 5.55. The summed E-state index contributed by atoms with van der Waals surface area (Å²) in [6.07, 6.45) is 1.04. The molecule has 1 atom stereocenters. The van der Waals surface area contributed by atoms with E-state index in [9.17, 15) is 0 Å². The van der Waals surface area contributed by atoms with Gasteiger partial charge in [-0.25, -0.2) is 0 Å². The van der Waals surface area contributed by atoms with Gasteiger partial charge < -0.3 is 5.32 Å². The SMILES string of the molecule is CCC(S)c1ccccc1SSc1ccccc1NC. The van der Waals surface area contributed by atoms with Crippen LogP contribution in [-0.2, 0) is 0 Å². The number of nitrogens with one attached hydrogen (secondary N) is 1. The minimum Gasteiger partial charge on any atom is -0.387 e. The van der Waals surface area contributed by atoms with Crippen molar-refractivity contribution in [3.63, 3.8) is 0 Å². The van der Waals surface area contributed by atoms with Crippen LogP contribution in [0, 0.1) is 0 Å². The zero-order valence-electron chi connectivity index (χ0n) is 11.7. The Balaban J connectivity index is 2.15. The number of anilines is 1. The third-order valence-corrected chi connectivity index (χ3v) is 6.18. The highest BCUT2D eigenvalue weighted by atomic mass is 33.1. The van der Waals surface area contributed by atoms with E-state index in [1.807, 2.05) is 7.05 Å². The number of rotatable bonds is 6. The molecule has 0 heterocycles. The first kappa shape index (κ1) is 15.7. The normalized spacial score (nSPS) is 12.2. The van der Waals surface area contributed by atoms with Crippen molar-refractivity contribution in [3.8, 4) is 0 Å². The first-order chi connectivity index (χ1) is 9.76. The van der Waals surface area contributed by atoms with Crippen LogP contribution in [0.5, 0.6) is 0 Å². The van der Waals surface area contributed by atoms with Crippen molar-refractivity contribution in [1.82, 2.24) is 0 Å². The summed E-state index contributed by atoms with van der Waals surface area (Å²) in [6, 6.07) is 16.9. The second-order valence-corrected chi connectivity index (χ2v) is 7.21. The Kier molecular flexibility index (Phi) is 6.20. The molecule has 1 nitrogen and oxygen atoms in total. The Hall–Kier alpha value is -0.710. The van der Waals surface area contributed by atoms with Crippen LogP contribution in [0.1, 0.15) is 24.2 Å². The lowest BCUT2D eigenvalue weighted by molar-refractivity contribution is 0.883. The predicted octanol–water partition coefficient (Wildman–Crippen LogP) is 5.91. The Bertz CT molecular complexity index is 557. The van der Waals surface area contributed by atoms with E-state index < -0.39 is 0 Å². The summed E-state index contributed by atoms with van der Waals surface area (Å²) in [6.45, 7) is 2.17. The van der Waals surface area contributed by atoms with Gasteiger partial charge in [-0.05, 0) is 30.2 Å². The molecule has 0 radical (unpaired) electrons. The quantitative estimate of drug-likeness (QED) is 0.507. The number of thiol groups is 1. The van der Waals surface area contributed by atoms with E-state index in [1.165, 1.54) is 21.0 Å². The maximum Gasteiger partial charge on any atom is 0.0484 e. The Morgan fingerprint density at radius 3 is 2.30 bits per heavy atom. The standard InChI is InChI=1S/C16H19NS3/c1-3-14(18)12-8-4-6-10-15(12)19-20-16-11-7-5-9-13(16)17-2/h4-11,14,17-18H,3H2,1-2H3. The van der Waals surface area contributed by atoms with E-state index in [-0.39, 0.29) is 0 Å². The van der Waals surface area contributed by atoms with Crippen LogP contribution in [0.2, 0.25) is 0 Å². The monoisotopic (exact) mass is 321 g/mol. The predicted molar refractivity (Wildman–Crippen MR) is 96.2 cm³/mol. The molecule has 0 amide bonds. The highest BCUT2D eigenvalue weighted by molar-refractivity contribution is 8.76. The van der Waals surface area contributed by atoms with Gasteiger partial charge in [0.25, 0.3) is 0 Å². The summed E-state index contributed by atoms with van der Waals surface area (Å²) in [5.74, 6) is 0. The Labute approximate surface area is 134 Å². The molecule has 0 aliphatic carbocycles. The van der Waals surface area contributed by atoms with E-state index in [4.69, 9.17) is 0 Å². The molecule has 1 N–H and O–H groups in total. The van der Waals surface area contributed by atoms with Gasteiger partial charge in [0.15, 0.2) is 0 Å². The second kappa shape index (κ2) is 7.91. The van der Waals surface area contributed by atoms with Crippen LogP contribution in [0.4, 0.5) is 5.69 Å². The second-order valence-electron chi connectivity index (χ2n) is 4.37. The first-order valence-electron chi connectivity index (χ1n) is 6.64. The van der Waals surface area contributed by atoms with Crippen molar-refractivity contribution in [2.45, 2.75) is 28.4 Å². The largest absolute Gasteiger partial charge is 0.387 e. The topological polar surface area (TPSA) is 12.0 Å². The highest BCUT2D eigenvalue weighted by Crippen LogP contribution is 2.44. The Morgan fingerprint density at radius 2 is 1.60 bits per heavy atom. The van der Waals surface area contributed by atoms with Crippen LogP contribution in [0.3, 0.4) is 0 Å². The molecule has 0 spiro atoms. The Morgan fingerprint density at radius 1 is 1.00 bits per heavy atom. The summed E-state index contributed by atoms with van der Waals surface area (Å²) in [5.41, 5.74) is 2.48. The molecule has 2 rings (SSSR count). The molecule has 4 heteroatoms. The molecule has 0 saturated carbocycles. The van der Waals surface area contributed by atoms with Crippen molar-refractivity contribution in [3.05, 3.63) is 54.1 Å². The molecular weight excluding hydrogens is 302 g/mol. The summed E-state index contributed by atoms with van der Waals surface area (Å²) in [5, 5.41) is 3.54.